The number of aromatic nitrogens is 2. The van der Waals surface area contributed by atoms with Crippen LogP contribution >= 0.6 is 0 Å². The molecule has 0 aliphatic carbocycles. The quantitative estimate of drug-likeness (QED) is 0.492. The number of halogens is 1. The number of ether oxygens (including phenoxy) is 1. The third-order valence-corrected chi connectivity index (χ3v) is 4.45. The van der Waals surface area contributed by atoms with E-state index in [-0.39, 0.29) is 29.8 Å². The number of pyridine rings is 1. The number of rotatable bonds is 6. The molecule has 0 spiro atoms. The third-order valence-electron chi connectivity index (χ3n) is 4.45. The van der Waals surface area contributed by atoms with Crippen molar-refractivity contribution in [2.24, 2.45) is 0 Å². The molecule has 1 amide bonds. The molecule has 0 unspecified atom stereocenters. The topological polar surface area (TPSA) is 68.5 Å². The van der Waals surface area contributed by atoms with E-state index < -0.39 is 5.82 Å². The van der Waals surface area contributed by atoms with Crippen molar-refractivity contribution < 1.29 is 18.3 Å². The minimum Gasteiger partial charge on any atom is -0.481 e. The van der Waals surface area contributed by atoms with E-state index in [4.69, 9.17) is 9.15 Å². The van der Waals surface area contributed by atoms with Crippen LogP contribution in [-0.2, 0) is 13.2 Å². The van der Waals surface area contributed by atoms with Gasteiger partial charge in [0, 0.05) is 25.2 Å². The molecule has 0 saturated heterocycles. The summed E-state index contributed by atoms with van der Waals surface area (Å²) in [4.78, 5) is 22.8. The maximum Gasteiger partial charge on any atom is 0.275 e. The summed E-state index contributed by atoms with van der Waals surface area (Å²) in [5.74, 6) is -0.467. The molecular weight excluding hydrogens is 373 g/mol. The van der Waals surface area contributed by atoms with Gasteiger partial charge < -0.3 is 14.1 Å². The van der Waals surface area contributed by atoms with E-state index in [0.717, 1.165) is 16.5 Å². The first-order valence-electron chi connectivity index (χ1n) is 9.01. The Morgan fingerprint density at radius 2 is 1.93 bits per heavy atom. The van der Waals surface area contributed by atoms with Crippen LogP contribution in [0, 0.1) is 5.82 Å². The van der Waals surface area contributed by atoms with Gasteiger partial charge in [-0.2, -0.15) is 0 Å². The standard InChI is InChI=1S/C22H18FN3O3/c1-26(12-15-10-11-24-18-8-4-2-6-16(15)18)22(27)19-13-29-21(25-19)14-28-20-9-5-3-7-17(20)23/h2-11,13H,12,14H2,1H3. The average molecular weight is 391 g/mol. The predicted molar refractivity (Wildman–Crippen MR) is 105 cm³/mol. The number of oxazole rings is 1. The van der Waals surface area contributed by atoms with Crippen LogP contribution in [0.3, 0.4) is 0 Å². The molecule has 0 atom stereocenters. The van der Waals surface area contributed by atoms with Gasteiger partial charge in [0.25, 0.3) is 5.91 Å². The van der Waals surface area contributed by atoms with E-state index in [1.807, 2.05) is 30.3 Å². The zero-order valence-corrected chi connectivity index (χ0v) is 15.7. The molecule has 2 aromatic carbocycles. The van der Waals surface area contributed by atoms with E-state index in [2.05, 4.69) is 9.97 Å². The minimum absolute atomic E-state index is 0.0765. The van der Waals surface area contributed by atoms with Gasteiger partial charge in [0.2, 0.25) is 5.89 Å². The Morgan fingerprint density at radius 1 is 1.14 bits per heavy atom. The number of benzene rings is 2. The lowest BCUT2D eigenvalue weighted by atomic mass is 10.1. The Labute approximate surface area is 166 Å². The molecule has 0 fully saturated rings. The Bertz CT molecular complexity index is 1150. The highest BCUT2D eigenvalue weighted by Crippen LogP contribution is 2.19. The molecular formula is C22H18FN3O3. The molecule has 6 nitrogen and oxygen atoms in total. The van der Waals surface area contributed by atoms with Crippen molar-refractivity contribution in [3.63, 3.8) is 0 Å². The highest BCUT2D eigenvalue weighted by atomic mass is 19.1. The number of nitrogens with zero attached hydrogens (tertiary/aromatic N) is 3. The Kier molecular flexibility index (Phi) is 5.20. The Morgan fingerprint density at radius 3 is 2.79 bits per heavy atom. The first kappa shape index (κ1) is 18.6. The zero-order valence-electron chi connectivity index (χ0n) is 15.7. The maximum atomic E-state index is 13.6. The normalized spacial score (nSPS) is 10.8. The lowest BCUT2D eigenvalue weighted by Gasteiger charge is -2.16. The maximum absolute atomic E-state index is 13.6. The number of hydrogen-bond donors (Lipinski definition) is 0. The molecule has 0 aliphatic heterocycles. The smallest absolute Gasteiger partial charge is 0.275 e. The molecule has 0 radical (unpaired) electrons. The SMILES string of the molecule is CN(Cc1ccnc2ccccc12)C(=O)c1coc(COc2ccccc2F)n1. The summed E-state index contributed by atoms with van der Waals surface area (Å²) in [6, 6.07) is 15.7. The molecule has 0 N–H and O–H groups in total. The minimum atomic E-state index is -0.473. The molecule has 0 saturated carbocycles. The van der Waals surface area contributed by atoms with Gasteiger partial charge in [0.15, 0.2) is 23.9 Å². The van der Waals surface area contributed by atoms with Crippen molar-refractivity contribution in [1.29, 1.82) is 0 Å². The van der Waals surface area contributed by atoms with Gasteiger partial charge in [-0.15, -0.1) is 0 Å². The van der Waals surface area contributed by atoms with Crippen LogP contribution in [0.4, 0.5) is 4.39 Å². The van der Waals surface area contributed by atoms with Crippen molar-refractivity contribution in [1.82, 2.24) is 14.9 Å². The van der Waals surface area contributed by atoms with E-state index in [1.165, 1.54) is 18.4 Å². The number of fused-ring (bicyclic) bond motifs is 1. The first-order chi connectivity index (χ1) is 14.1. The largest absolute Gasteiger partial charge is 0.481 e. The summed E-state index contributed by atoms with van der Waals surface area (Å²) >= 11 is 0. The summed E-state index contributed by atoms with van der Waals surface area (Å²) in [7, 11) is 1.70. The molecule has 0 bridgehead atoms. The Balaban J connectivity index is 1.43. The summed E-state index contributed by atoms with van der Waals surface area (Å²) in [5, 5.41) is 0.994. The number of carbonyl (C=O) groups is 1. The lowest BCUT2D eigenvalue weighted by Crippen LogP contribution is -2.26. The Hall–Kier alpha value is -3.74. The molecule has 4 aromatic rings. The fourth-order valence-corrected chi connectivity index (χ4v) is 2.99. The molecule has 4 rings (SSSR count). The van der Waals surface area contributed by atoms with Crippen LogP contribution in [0.2, 0.25) is 0 Å². The third kappa shape index (κ3) is 4.08. The second-order valence-corrected chi connectivity index (χ2v) is 6.49. The molecule has 0 aliphatic rings. The van der Waals surface area contributed by atoms with Crippen LogP contribution < -0.4 is 4.74 Å². The molecule has 146 valence electrons. The van der Waals surface area contributed by atoms with Gasteiger partial charge in [-0.3, -0.25) is 9.78 Å². The van der Waals surface area contributed by atoms with Crippen LogP contribution in [0.15, 0.2) is 71.5 Å². The average Bonchev–Trinajstić information content (AvgIpc) is 3.22. The van der Waals surface area contributed by atoms with E-state index in [0.29, 0.717) is 6.54 Å². The van der Waals surface area contributed by atoms with Gasteiger partial charge in [0.05, 0.1) is 5.52 Å². The van der Waals surface area contributed by atoms with Crippen molar-refractivity contribution in [2.45, 2.75) is 13.2 Å². The fourth-order valence-electron chi connectivity index (χ4n) is 2.99. The number of para-hydroxylation sites is 2. The summed E-state index contributed by atoms with van der Waals surface area (Å²) in [5.41, 5.74) is 2.02. The zero-order chi connectivity index (χ0) is 20.2. The van der Waals surface area contributed by atoms with E-state index in [1.54, 1.807) is 30.3 Å². The van der Waals surface area contributed by atoms with Crippen LogP contribution in [0.5, 0.6) is 5.75 Å². The summed E-state index contributed by atoms with van der Waals surface area (Å²) in [6.07, 6.45) is 3.01. The number of carbonyl (C=O) groups excluding carboxylic acids is 1. The van der Waals surface area contributed by atoms with E-state index in [9.17, 15) is 9.18 Å². The van der Waals surface area contributed by atoms with Gasteiger partial charge in [-0.05, 0) is 29.8 Å². The number of hydrogen-bond acceptors (Lipinski definition) is 5. The highest BCUT2D eigenvalue weighted by molar-refractivity contribution is 5.92. The second-order valence-electron chi connectivity index (χ2n) is 6.49. The van der Waals surface area contributed by atoms with Crippen molar-refractivity contribution in [3.8, 4) is 5.75 Å². The highest BCUT2D eigenvalue weighted by Gasteiger charge is 2.18. The van der Waals surface area contributed by atoms with Crippen molar-refractivity contribution in [2.75, 3.05) is 7.05 Å². The van der Waals surface area contributed by atoms with Gasteiger partial charge in [-0.1, -0.05) is 30.3 Å². The van der Waals surface area contributed by atoms with E-state index >= 15 is 0 Å². The van der Waals surface area contributed by atoms with Gasteiger partial charge >= 0.3 is 0 Å². The van der Waals surface area contributed by atoms with Crippen LogP contribution in [0.1, 0.15) is 21.9 Å². The summed E-state index contributed by atoms with van der Waals surface area (Å²) < 4.78 is 24.3. The molecule has 29 heavy (non-hydrogen) atoms. The summed E-state index contributed by atoms with van der Waals surface area (Å²) in [6.45, 7) is 0.322. The van der Waals surface area contributed by atoms with Gasteiger partial charge in [-0.25, -0.2) is 9.37 Å². The van der Waals surface area contributed by atoms with Crippen LogP contribution in [-0.4, -0.2) is 27.8 Å². The van der Waals surface area contributed by atoms with Crippen molar-refractivity contribution >= 4 is 16.8 Å². The molecule has 2 aromatic heterocycles. The lowest BCUT2D eigenvalue weighted by molar-refractivity contribution is 0.0779. The first-order valence-corrected chi connectivity index (χ1v) is 9.01. The predicted octanol–water partition coefficient (Wildman–Crippen LogP) is 4.21. The fraction of sp³-hybridized carbons (Fsp3) is 0.136. The monoisotopic (exact) mass is 391 g/mol. The molecule has 2 heterocycles. The van der Waals surface area contributed by atoms with Crippen molar-refractivity contribution in [3.05, 3.63) is 90.0 Å². The molecule has 7 heteroatoms. The number of amides is 1. The van der Waals surface area contributed by atoms with Gasteiger partial charge in [0.1, 0.15) is 6.26 Å². The van der Waals surface area contributed by atoms with Crippen LogP contribution in [0.25, 0.3) is 10.9 Å². The second kappa shape index (κ2) is 8.10.